The summed E-state index contributed by atoms with van der Waals surface area (Å²) >= 11 is 0. The van der Waals surface area contributed by atoms with E-state index < -0.39 is 0 Å². The number of aryl methyl sites for hydroxylation is 2. The van der Waals surface area contributed by atoms with Crippen molar-refractivity contribution in [1.29, 1.82) is 0 Å². The van der Waals surface area contributed by atoms with Crippen molar-refractivity contribution in [3.8, 4) is 0 Å². The molecule has 1 aliphatic rings. The van der Waals surface area contributed by atoms with Crippen LogP contribution in [0.2, 0.25) is 0 Å². The second kappa shape index (κ2) is 8.04. The van der Waals surface area contributed by atoms with Crippen LogP contribution >= 0.6 is 0 Å². The highest BCUT2D eigenvalue weighted by Gasteiger charge is 2.17. The van der Waals surface area contributed by atoms with Gasteiger partial charge in [0.1, 0.15) is 0 Å². The summed E-state index contributed by atoms with van der Waals surface area (Å²) in [5.74, 6) is 0.177. The SMILES string of the molecule is Cc1cc(C)cc(NC(=O)Nc2ccc(CC(=O)N3CCCC3)cc2)c1. The molecule has 0 aliphatic carbocycles. The van der Waals surface area contributed by atoms with Crippen LogP contribution in [-0.2, 0) is 11.2 Å². The number of likely N-dealkylation sites (tertiary alicyclic amines) is 1. The van der Waals surface area contributed by atoms with E-state index in [-0.39, 0.29) is 11.9 Å². The molecule has 2 N–H and O–H groups in total. The summed E-state index contributed by atoms with van der Waals surface area (Å²) in [6, 6.07) is 13.1. The molecule has 0 radical (unpaired) electrons. The van der Waals surface area contributed by atoms with E-state index in [4.69, 9.17) is 0 Å². The molecule has 0 aromatic heterocycles. The molecular weight excluding hydrogens is 326 g/mol. The molecule has 5 heteroatoms. The molecule has 0 unspecified atom stereocenters. The summed E-state index contributed by atoms with van der Waals surface area (Å²) < 4.78 is 0. The predicted octanol–water partition coefficient (Wildman–Crippen LogP) is 4.11. The van der Waals surface area contributed by atoms with Gasteiger partial charge in [0.05, 0.1) is 6.42 Å². The Kier molecular flexibility index (Phi) is 5.56. The Morgan fingerprint density at radius 1 is 0.885 bits per heavy atom. The molecular formula is C21H25N3O2. The van der Waals surface area contributed by atoms with Crippen LogP contribution < -0.4 is 10.6 Å². The lowest BCUT2D eigenvalue weighted by Gasteiger charge is -2.15. The minimum absolute atomic E-state index is 0.177. The Labute approximate surface area is 154 Å². The number of hydrogen-bond donors (Lipinski definition) is 2. The van der Waals surface area contributed by atoms with Crippen molar-refractivity contribution in [3.63, 3.8) is 0 Å². The van der Waals surface area contributed by atoms with E-state index in [1.807, 2.05) is 55.1 Å². The first kappa shape index (κ1) is 18.0. The van der Waals surface area contributed by atoms with Crippen molar-refractivity contribution >= 4 is 23.3 Å². The number of rotatable bonds is 4. The van der Waals surface area contributed by atoms with Gasteiger partial charge in [0.15, 0.2) is 0 Å². The van der Waals surface area contributed by atoms with E-state index in [1.54, 1.807) is 0 Å². The van der Waals surface area contributed by atoms with Crippen LogP contribution in [0.4, 0.5) is 16.2 Å². The molecule has 1 saturated heterocycles. The van der Waals surface area contributed by atoms with Crippen molar-refractivity contribution in [2.24, 2.45) is 0 Å². The first-order valence-electron chi connectivity index (χ1n) is 9.02. The van der Waals surface area contributed by atoms with E-state index in [1.165, 1.54) is 0 Å². The maximum Gasteiger partial charge on any atom is 0.323 e. The Morgan fingerprint density at radius 3 is 2.08 bits per heavy atom. The van der Waals surface area contributed by atoms with Crippen molar-refractivity contribution in [2.75, 3.05) is 23.7 Å². The van der Waals surface area contributed by atoms with Gasteiger partial charge >= 0.3 is 6.03 Å². The highest BCUT2D eigenvalue weighted by atomic mass is 16.2. The molecule has 2 aromatic rings. The van der Waals surface area contributed by atoms with Gasteiger partial charge in [-0.3, -0.25) is 4.79 Å². The molecule has 1 aliphatic heterocycles. The molecule has 136 valence electrons. The van der Waals surface area contributed by atoms with Crippen LogP contribution in [0.3, 0.4) is 0 Å². The van der Waals surface area contributed by atoms with Gasteiger partial charge in [-0.05, 0) is 67.6 Å². The first-order chi connectivity index (χ1) is 12.5. The molecule has 3 rings (SSSR count). The summed E-state index contributed by atoms with van der Waals surface area (Å²) in [6.45, 7) is 5.74. The lowest BCUT2D eigenvalue weighted by molar-refractivity contribution is -0.129. The summed E-state index contributed by atoms with van der Waals surface area (Å²) in [7, 11) is 0. The number of carbonyl (C=O) groups is 2. The number of nitrogens with one attached hydrogen (secondary N) is 2. The fourth-order valence-corrected chi connectivity index (χ4v) is 3.30. The van der Waals surface area contributed by atoms with E-state index in [2.05, 4.69) is 16.7 Å². The zero-order valence-corrected chi connectivity index (χ0v) is 15.3. The fourth-order valence-electron chi connectivity index (χ4n) is 3.30. The number of carbonyl (C=O) groups excluding carboxylic acids is 2. The van der Waals surface area contributed by atoms with E-state index >= 15 is 0 Å². The molecule has 5 nitrogen and oxygen atoms in total. The number of hydrogen-bond acceptors (Lipinski definition) is 2. The fraction of sp³-hybridized carbons (Fsp3) is 0.333. The second-order valence-electron chi connectivity index (χ2n) is 6.92. The third-order valence-electron chi connectivity index (χ3n) is 4.51. The van der Waals surface area contributed by atoms with Crippen LogP contribution in [-0.4, -0.2) is 29.9 Å². The van der Waals surface area contributed by atoms with Gasteiger partial charge < -0.3 is 15.5 Å². The first-order valence-corrected chi connectivity index (χ1v) is 9.02. The number of benzene rings is 2. The Bertz CT molecular complexity index is 773. The van der Waals surface area contributed by atoms with Gasteiger partial charge in [-0.15, -0.1) is 0 Å². The monoisotopic (exact) mass is 351 g/mol. The van der Waals surface area contributed by atoms with Crippen LogP contribution in [0.5, 0.6) is 0 Å². The maximum absolute atomic E-state index is 12.2. The quantitative estimate of drug-likeness (QED) is 0.871. The molecule has 2 aromatic carbocycles. The standard InChI is InChI=1S/C21H25N3O2/c1-15-11-16(2)13-19(12-15)23-21(26)22-18-7-5-17(6-8-18)14-20(25)24-9-3-4-10-24/h5-8,11-13H,3-4,9-10,14H2,1-2H3,(H2,22,23,26). The van der Waals surface area contributed by atoms with Gasteiger partial charge in [-0.2, -0.15) is 0 Å². The topological polar surface area (TPSA) is 61.4 Å². The van der Waals surface area contributed by atoms with Gasteiger partial charge in [0, 0.05) is 24.5 Å². The second-order valence-corrected chi connectivity index (χ2v) is 6.92. The van der Waals surface area contributed by atoms with Crippen molar-refractivity contribution in [2.45, 2.75) is 33.1 Å². The largest absolute Gasteiger partial charge is 0.342 e. The van der Waals surface area contributed by atoms with Crippen molar-refractivity contribution in [1.82, 2.24) is 4.90 Å². The number of nitrogens with zero attached hydrogens (tertiary/aromatic N) is 1. The third-order valence-corrected chi connectivity index (χ3v) is 4.51. The zero-order chi connectivity index (χ0) is 18.5. The molecule has 3 amide bonds. The molecule has 0 atom stereocenters. The molecule has 1 heterocycles. The van der Waals surface area contributed by atoms with E-state index in [9.17, 15) is 9.59 Å². The molecule has 1 fully saturated rings. The highest BCUT2D eigenvalue weighted by molar-refractivity contribution is 5.99. The van der Waals surface area contributed by atoms with Crippen LogP contribution in [0.15, 0.2) is 42.5 Å². The summed E-state index contributed by atoms with van der Waals surface area (Å²) in [6.07, 6.45) is 2.61. The summed E-state index contributed by atoms with van der Waals surface area (Å²) in [5.41, 5.74) is 4.64. The zero-order valence-electron chi connectivity index (χ0n) is 15.3. The average molecular weight is 351 g/mol. The minimum Gasteiger partial charge on any atom is -0.342 e. The van der Waals surface area contributed by atoms with E-state index in [0.717, 1.165) is 48.3 Å². The maximum atomic E-state index is 12.2. The minimum atomic E-state index is -0.282. The number of amides is 3. The van der Waals surface area contributed by atoms with Crippen molar-refractivity contribution in [3.05, 3.63) is 59.2 Å². The molecule has 26 heavy (non-hydrogen) atoms. The smallest absolute Gasteiger partial charge is 0.323 e. The number of urea groups is 1. The predicted molar refractivity (Wildman–Crippen MR) is 105 cm³/mol. The Morgan fingerprint density at radius 2 is 1.46 bits per heavy atom. The lowest BCUT2D eigenvalue weighted by atomic mass is 10.1. The summed E-state index contributed by atoms with van der Waals surface area (Å²) in [5, 5.41) is 5.66. The average Bonchev–Trinajstić information content (AvgIpc) is 3.10. The normalized spacial score (nSPS) is 13.5. The Hall–Kier alpha value is -2.82. The van der Waals surface area contributed by atoms with Crippen LogP contribution in [0.25, 0.3) is 0 Å². The van der Waals surface area contributed by atoms with Gasteiger partial charge in [0.2, 0.25) is 5.91 Å². The molecule has 0 spiro atoms. The van der Waals surface area contributed by atoms with Crippen LogP contribution in [0.1, 0.15) is 29.5 Å². The van der Waals surface area contributed by atoms with Gasteiger partial charge in [-0.1, -0.05) is 18.2 Å². The van der Waals surface area contributed by atoms with Crippen molar-refractivity contribution < 1.29 is 9.59 Å². The van der Waals surface area contributed by atoms with Crippen LogP contribution in [0, 0.1) is 13.8 Å². The molecule has 0 bridgehead atoms. The van der Waals surface area contributed by atoms with Gasteiger partial charge in [-0.25, -0.2) is 4.79 Å². The highest BCUT2D eigenvalue weighted by Crippen LogP contribution is 2.16. The molecule has 0 saturated carbocycles. The third kappa shape index (κ3) is 4.85. The lowest BCUT2D eigenvalue weighted by Crippen LogP contribution is -2.29. The van der Waals surface area contributed by atoms with Gasteiger partial charge in [0.25, 0.3) is 0 Å². The Balaban J connectivity index is 1.54. The number of anilines is 2. The summed E-state index contributed by atoms with van der Waals surface area (Å²) in [4.78, 5) is 26.3. The van der Waals surface area contributed by atoms with E-state index in [0.29, 0.717) is 12.1 Å².